The minimum Gasteiger partial charge on any atom is -0.481 e. The zero-order valence-electron chi connectivity index (χ0n) is 12.4. The lowest BCUT2D eigenvalue weighted by molar-refractivity contribution is -0.140. The third-order valence-corrected chi connectivity index (χ3v) is 3.80. The average Bonchev–Trinajstić information content (AvgIpc) is 2.56. The second-order valence-corrected chi connectivity index (χ2v) is 5.73. The highest BCUT2D eigenvalue weighted by molar-refractivity contribution is 6.63. The monoisotopic (exact) mass is 304 g/mol. The van der Waals surface area contributed by atoms with Crippen LogP contribution in [0.4, 0.5) is 13.2 Å². The van der Waals surface area contributed by atoms with Gasteiger partial charge in [0.05, 0.1) is 23.8 Å². The lowest BCUT2D eigenvalue weighted by Crippen LogP contribution is -2.41. The van der Waals surface area contributed by atoms with E-state index in [1.165, 1.54) is 7.11 Å². The van der Waals surface area contributed by atoms with E-state index in [1.54, 1.807) is 27.7 Å². The topological polar surface area (TPSA) is 53.5 Å². The molecule has 0 bridgehead atoms. The normalized spacial score (nSPS) is 20.7. The van der Waals surface area contributed by atoms with Crippen LogP contribution in [0.15, 0.2) is 6.33 Å². The van der Waals surface area contributed by atoms with E-state index in [0.29, 0.717) is 0 Å². The van der Waals surface area contributed by atoms with Gasteiger partial charge >= 0.3 is 13.3 Å². The summed E-state index contributed by atoms with van der Waals surface area (Å²) in [5, 5.41) is 0. The Hall–Kier alpha value is -1.35. The standard InChI is InChI=1S/C12H16BF3N2O3/c1-10(2)11(3,4)21-13(20-10)7-8(12(14,15)16)17-6-18-9(7)19-5/h6H,1-5H3. The highest BCUT2D eigenvalue weighted by Gasteiger charge is 2.55. The molecule has 1 aromatic rings. The van der Waals surface area contributed by atoms with Gasteiger partial charge in [-0.05, 0) is 27.7 Å². The van der Waals surface area contributed by atoms with E-state index in [-0.39, 0.29) is 11.3 Å². The fraction of sp³-hybridized carbons (Fsp3) is 0.667. The lowest BCUT2D eigenvalue weighted by atomic mass is 9.78. The summed E-state index contributed by atoms with van der Waals surface area (Å²) < 4.78 is 55.7. The molecule has 0 aromatic carbocycles. The SMILES string of the molecule is COc1ncnc(C(F)(F)F)c1B1OC(C)(C)C(C)(C)O1. The molecule has 0 saturated carbocycles. The maximum atomic E-state index is 13.1. The molecule has 0 radical (unpaired) electrons. The van der Waals surface area contributed by atoms with Crippen molar-refractivity contribution in [3.8, 4) is 5.88 Å². The van der Waals surface area contributed by atoms with Crippen LogP contribution in [0.1, 0.15) is 33.4 Å². The van der Waals surface area contributed by atoms with E-state index in [2.05, 4.69) is 9.97 Å². The minimum absolute atomic E-state index is 0.212. The Morgan fingerprint density at radius 1 is 1.10 bits per heavy atom. The number of alkyl halides is 3. The molecular formula is C12H16BF3N2O3. The molecule has 0 spiro atoms. The zero-order valence-corrected chi connectivity index (χ0v) is 12.4. The zero-order chi connectivity index (χ0) is 16.1. The molecule has 1 fully saturated rings. The number of aromatic nitrogens is 2. The van der Waals surface area contributed by atoms with Crippen molar-refractivity contribution in [3.63, 3.8) is 0 Å². The van der Waals surface area contributed by atoms with Crippen molar-refractivity contribution in [2.45, 2.75) is 45.1 Å². The van der Waals surface area contributed by atoms with Crippen LogP contribution in [0.3, 0.4) is 0 Å². The Morgan fingerprint density at radius 2 is 1.62 bits per heavy atom. The maximum Gasteiger partial charge on any atom is 0.502 e. The van der Waals surface area contributed by atoms with Crippen LogP contribution >= 0.6 is 0 Å². The molecular weight excluding hydrogens is 288 g/mol. The Kier molecular flexibility index (Phi) is 3.70. The van der Waals surface area contributed by atoms with Crippen molar-refractivity contribution in [2.75, 3.05) is 7.11 Å². The van der Waals surface area contributed by atoms with Crippen molar-refractivity contribution in [3.05, 3.63) is 12.0 Å². The predicted molar refractivity (Wildman–Crippen MR) is 69.3 cm³/mol. The van der Waals surface area contributed by atoms with Crippen LogP contribution in [-0.4, -0.2) is 35.4 Å². The first-order chi connectivity index (χ1) is 9.49. The molecule has 1 aliphatic heterocycles. The number of methoxy groups -OCH3 is 1. The van der Waals surface area contributed by atoms with Gasteiger partial charge in [-0.25, -0.2) is 9.97 Å². The summed E-state index contributed by atoms with van der Waals surface area (Å²) in [4.78, 5) is 7.04. The molecule has 1 saturated heterocycles. The summed E-state index contributed by atoms with van der Waals surface area (Å²) >= 11 is 0. The summed E-state index contributed by atoms with van der Waals surface area (Å²) in [6, 6.07) is 0. The Balaban J connectivity index is 2.54. The van der Waals surface area contributed by atoms with Gasteiger partial charge in [0.1, 0.15) is 6.33 Å². The quantitative estimate of drug-likeness (QED) is 0.780. The van der Waals surface area contributed by atoms with E-state index in [4.69, 9.17) is 14.0 Å². The molecule has 5 nitrogen and oxygen atoms in total. The van der Waals surface area contributed by atoms with Crippen LogP contribution in [0.5, 0.6) is 5.88 Å². The maximum absolute atomic E-state index is 13.1. The number of hydrogen-bond acceptors (Lipinski definition) is 5. The highest BCUT2D eigenvalue weighted by Crippen LogP contribution is 2.38. The van der Waals surface area contributed by atoms with Gasteiger partial charge in [0.15, 0.2) is 5.69 Å². The molecule has 2 rings (SSSR count). The van der Waals surface area contributed by atoms with Crippen LogP contribution in [0, 0.1) is 0 Å². The summed E-state index contributed by atoms with van der Waals surface area (Å²) in [5.41, 5.74) is -3.01. The lowest BCUT2D eigenvalue weighted by Gasteiger charge is -2.32. The first-order valence-corrected chi connectivity index (χ1v) is 6.31. The number of halogens is 3. The van der Waals surface area contributed by atoms with Crippen LogP contribution in [0.2, 0.25) is 0 Å². The number of nitrogens with zero attached hydrogens (tertiary/aromatic N) is 2. The second-order valence-electron chi connectivity index (χ2n) is 5.73. The highest BCUT2D eigenvalue weighted by atomic mass is 19.4. The Morgan fingerprint density at radius 3 is 2.05 bits per heavy atom. The molecule has 116 valence electrons. The van der Waals surface area contributed by atoms with Crippen molar-refractivity contribution in [2.24, 2.45) is 0 Å². The summed E-state index contributed by atoms with van der Waals surface area (Å²) in [7, 11) is -0.0141. The molecule has 9 heteroatoms. The molecule has 1 aromatic heterocycles. The van der Waals surface area contributed by atoms with Gasteiger partial charge in [-0.3, -0.25) is 0 Å². The third kappa shape index (κ3) is 2.72. The van der Waals surface area contributed by atoms with E-state index in [1.807, 2.05) is 0 Å². The van der Waals surface area contributed by atoms with Crippen molar-refractivity contribution in [1.29, 1.82) is 0 Å². The number of ether oxygens (including phenoxy) is 1. The number of rotatable bonds is 2. The van der Waals surface area contributed by atoms with Crippen molar-refractivity contribution < 1.29 is 27.2 Å². The van der Waals surface area contributed by atoms with Crippen molar-refractivity contribution in [1.82, 2.24) is 9.97 Å². The van der Waals surface area contributed by atoms with E-state index in [0.717, 1.165) is 6.33 Å². The predicted octanol–water partition coefficient (Wildman–Crippen LogP) is 1.80. The molecule has 0 aliphatic carbocycles. The smallest absolute Gasteiger partial charge is 0.481 e. The third-order valence-electron chi connectivity index (χ3n) is 3.80. The van der Waals surface area contributed by atoms with Gasteiger partial charge in [-0.2, -0.15) is 13.2 Å². The molecule has 0 amide bonds. The van der Waals surface area contributed by atoms with Gasteiger partial charge < -0.3 is 14.0 Å². The van der Waals surface area contributed by atoms with Gasteiger partial charge in [-0.15, -0.1) is 0 Å². The largest absolute Gasteiger partial charge is 0.502 e. The number of hydrogen-bond donors (Lipinski definition) is 0. The molecule has 0 atom stereocenters. The van der Waals surface area contributed by atoms with Gasteiger partial charge in [-0.1, -0.05) is 0 Å². The Labute approximate surface area is 121 Å². The van der Waals surface area contributed by atoms with Crippen LogP contribution < -0.4 is 10.2 Å². The van der Waals surface area contributed by atoms with Crippen LogP contribution in [-0.2, 0) is 15.5 Å². The van der Waals surface area contributed by atoms with E-state index in [9.17, 15) is 13.2 Å². The fourth-order valence-corrected chi connectivity index (χ4v) is 1.94. The van der Waals surface area contributed by atoms with Gasteiger partial charge in [0.25, 0.3) is 0 Å². The molecule has 0 unspecified atom stereocenters. The van der Waals surface area contributed by atoms with Gasteiger partial charge in [0.2, 0.25) is 5.88 Å². The fourth-order valence-electron chi connectivity index (χ4n) is 1.94. The van der Waals surface area contributed by atoms with Crippen molar-refractivity contribution >= 4 is 12.6 Å². The average molecular weight is 304 g/mol. The second kappa shape index (κ2) is 4.84. The van der Waals surface area contributed by atoms with Crippen LogP contribution in [0.25, 0.3) is 0 Å². The molecule has 21 heavy (non-hydrogen) atoms. The first kappa shape index (κ1) is 16.0. The molecule has 1 aliphatic rings. The van der Waals surface area contributed by atoms with E-state index >= 15 is 0 Å². The Bertz CT molecular complexity index is 533. The summed E-state index contributed by atoms with van der Waals surface area (Å²) in [5.74, 6) is -0.212. The molecule has 0 N–H and O–H groups in total. The summed E-state index contributed by atoms with van der Waals surface area (Å²) in [6.07, 6.45) is -3.86. The minimum atomic E-state index is -4.66. The van der Waals surface area contributed by atoms with E-state index < -0.39 is 30.2 Å². The molecule has 2 heterocycles. The van der Waals surface area contributed by atoms with Gasteiger partial charge in [0, 0.05) is 0 Å². The first-order valence-electron chi connectivity index (χ1n) is 6.31. The summed E-state index contributed by atoms with van der Waals surface area (Å²) in [6.45, 7) is 6.99.